The number of nitrogen functional groups attached to an aromatic ring is 1. The van der Waals surface area contributed by atoms with E-state index in [-0.39, 0.29) is 17.5 Å². The van der Waals surface area contributed by atoms with Crippen molar-refractivity contribution in [1.82, 2.24) is 4.90 Å². The third kappa shape index (κ3) is 4.10. The van der Waals surface area contributed by atoms with Gasteiger partial charge in [0, 0.05) is 23.1 Å². The normalized spacial score (nSPS) is 22.0. The molecule has 0 radical (unpaired) electrons. The minimum Gasteiger partial charge on any atom is -0.465 e. The first-order chi connectivity index (χ1) is 10.6. The molecule has 2 rings (SSSR count). The van der Waals surface area contributed by atoms with E-state index in [1.165, 1.54) is 0 Å². The summed E-state index contributed by atoms with van der Waals surface area (Å²) in [6.07, 6.45) is 0.736. The maximum Gasteiger partial charge on any atom is 0.407 e. The molecule has 1 aromatic carbocycles. The molecule has 6 heteroatoms. The zero-order valence-electron chi connectivity index (χ0n) is 14.2. The van der Waals surface area contributed by atoms with E-state index in [2.05, 4.69) is 42.0 Å². The summed E-state index contributed by atoms with van der Waals surface area (Å²) in [6.45, 7) is 8.85. The highest BCUT2D eigenvalue weighted by atomic mass is 79.9. The number of aryl methyl sites for hydroxylation is 1. The van der Waals surface area contributed by atoms with Gasteiger partial charge in [0.15, 0.2) is 0 Å². The van der Waals surface area contributed by atoms with E-state index >= 15 is 0 Å². The smallest absolute Gasteiger partial charge is 0.407 e. The summed E-state index contributed by atoms with van der Waals surface area (Å²) in [5.74, 6) is 0. The molecule has 1 aliphatic rings. The number of halogens is 1. The van der Waals surface area contributed by atoms with Crippen LogP contribution in [0.25, 0.3) is 0 Å². The fourth-order valence-electron chi connectivity index (χ4n) is 3.19. The number of hydrogen-bond donors (Lipinski definition) is 3. The number of anilines is 2. The lowest BCUT2D eigenvalue weighted by Crippen LogP contribution is -2.54. The van der Waals surface area contributed by atoms with Crippen LogP contribution in [-0.4, -0.2) is 34.7 Å². The van der Waals surface area contributed by atoms with Crippen molar-refractivity contribution in [3.63, 3.8) is 0 Å². The van der Waals surface area contributed by atoms with Gasteiger partial charge in [-0.1, -0.05) is 36.7 Å². The van der Waals surface area contributed by atoms with E-state index in [0.717, 1.165) is 28.6 Å². The summed E-state index contributed by atoms with van der Waals surface area (Å²) in [6, 6.07) is 4.15. The average molecular weight is 384 g/mol. The number of piperidine rings is 1. The lowest BCUT2D eigenvalue weighted by atomic mass is 9.79. The Morgan fingerprint density at radius 3 is 2.65 bits per heavy atom. The van der Waals surface area contributed by atoms with E-state index < -0.39 is 6.09 Å². The number of nitrogens with zero attached hydrogens (tertiary/aromatic N) is 1. The first-order valence-electron chi connectivity index (χ1n) is 7.91. The number of carboxylic acid groups (broad SMARTS) is 1. The maximum atomic E-state index is 11.5. The van der Waals surface area contributed by atoms with Crippen molar-refractivity contribution in [2.45, 2.75) is 52.6 Å². The van der Waals surface area contributed by atoms with Crippen LogP contribution in [0.3, 0.4) is 0 Å². The van der Waals surface area contributed by atoms with E-state index in [9.17, 15) is 9.90 Å². The minimum atomic E-state index is -0.831. The van der Waals surface area contributed by atoms with Crippen molar-refractivity contribution < 1.29 is 9.90 Å². The first-order valence-corrected chi connectivity index (χ1v) is 8.70. The van der Waals surface area contributed by atoms with Crippen LogP contribution < -0.4 is 11.1 Å². The molecule has 1 heterocycles. The third-order valence-corrected chi connectivity index (χ3v) is 5.39. The van der Waals surface area contributed by atoms with Gasteiger partial charge < -0.3 is 21.1 Å². The Morgan fingerprint density at radius 2 is 2.09 bits per heavy atom. The summed E-state index contributed by atoms with van der Waals surface area (Å²) in [5.41, 5.74) is 8.76. The molecule has 5 nitrogen and oxygen atoms in total. The monoisotopic (exact) mass is 383 g/mol. The number of rotatable bonds is 2. The van der Waals surface area contributed by atoms with Gasteiger partial charge in [0.25, 0.3) is 0 Å². The molecular weight excluding hydrogens is 358 g/mol. The lowest BCUT2D eigenvalue weighted by molar-refractivity contribution is 0.0558. The van der Waals surface area contributed by atoms with Gasteiger partial charge in [0.05, 0.1) is 11.4 Å². The molecule has 0 spiro atoms. The zero-order valence-corrected chi connectivity index (χ0v) is 15.8. The van der Waals surface area contributed by atoms with E-state index in [1.807, 2.05) is 19.1 Å². The Labute approximate surface area is 146 Å². The molecule has 0 saturated carbocycles. The Kier molecular flexibility index (Phi) is 5.14. The number of hydrogen-bond acceptors (Lipinski definition) is 3. The molecule has 1 fully saturated rings. The van der Waals surface area contributed by atoms with Crippen molar-refractivity contribution in [2.24, 2.45) is 5.41 Å². The molecular formula is C17H26BrN3O2. The average Bonchev–Trinajstić information content (AvgIpc) is 2.43. The Hall–Kier alpha value is -1.43. The Bertz CT molecular complexity index is 598. The molecule has 0 aromatic heterocycles. The van der Waals surface area contributed by atoms with Gasteiger partial charge in [0.2, 0.25) is 0 Å². The summed E-state index contributed by atoms with van der Waals surface area (Å²) in [4.78, 5) is 13.1. The molecule has 1 aliphatic heterocycles. The van der Waals surface area contributed by atoms with Crippen LogP contribution in [0, 0.1) is 12.3 Å². The van der Waals surface area contributed by atoms with Crippen LogP contribution in [0.1, 0.15) is 39.2 Å². The quantitative estimate of drug-likeness (QED) is 0.664. The highest BCUT2D eigenvalue weighted by Gasteiger charge is 2.38. The molecule has 1 aromatic rings. The number of carbonyl (C=O) groups is 1. The predicted molar refractivity (Wildman–Crippen MR) is 97.9 cm³/mol. The molecule has 23 heavy (non-hydrogen) atoms. The van der Waals surface area contributed by atoms with E-state index in [4.69, 9.17) is 5.73 Å². The van der Waals surface area contributed by atoms with Gasteiger partial charge >= 0.3 is 6.09 Å². The third-order valence-electron chi connectivity index (χ3n) is 4.54. The standard InChI is InChI=1S/C17H26BrN3O2/c1-10-7-14(13(19)9-12(10)18)20-11-5-6-21(16(22)23)15(8-11)17(2,3)4/h7,9,11,15,20H,5-6,8,19H2,1-4H3,(H,22,23). The van der Waals surface area contributed by atoms with Crippen LogP contribution in [0.4, 0.5) is 16.2 Å². The molecule has 1 amide bonds. The number of amides is 1. The number of likely N-dealkylation sites (tertiary alicyclic amines) is 1. The molecule has 0 bridgehead atoms. The van der Waals surface area contributed by atoms with E-state index in [0.29, 0.717) is 12.2 Å². The second kappa shape index (κ2) is 6.59. The minimum absolute atomic E-state index is 0.0102. The first kappa shape index (κ1) is 17.9. The molecule has 2 unspecified atom stereocenters. The lowest BCUT2D eigenvalue weighted by Gasteiger charge is -2.45. The Morgan fingerprint density at radius 1 is 1.43 bits per heavy atom. The maximum absolute atomic E-state index is 11.5. The molecule has 2 atom stereocenters. The largest absolute Gasteiger partial charge is 0.465 e. The second-order valence-corrected chi connectivity index (χ2v) is 8.27. The van der Waals surface area contributed by atoms with E-state index in [1.54, 1.807) is 4.90 Å². The van der Waals surface area contributed by atoms with Crippen LogP contribution in [-0.2, 0) is 0 Å². The number of nitrogens with two attached hydrogens (primary N) is 1. The number of nitrogens with one attached hydrogen (secondary N) is 1. The van der Waals surface area contributed by atoms with Crippen LogP contribution in [0.15, 0.2) is 16.6 Å². The Balaban J connectivity index is 2.17. The molecule has 1 saturated heterocycles. The zero-order chi connectivity index (χ0) is 17.4. The van der Waals surface area contributed by atoms with Gasteiger partial charge in [-0.15, -0.1) is 0 Å². The van der Waals surface area contributed by atoms with Crippen molar-refractivity contribution >= 4 is 33.4 Å². The van der Waals surface area contributed by atoms with Crippen LogP contribution >= 0.6 is 15.9 Å². The highest BCUT2D eigenvalue weighted by Crippen LogP contribution is 2.34. The van der Waals surface area contributed by atoms with Gasteiger partial charge in [0.1, 0.15) is 0 Å². The second-order valence-electron chi connectivity index (χ2n) is 7.41. The van der Waals surface area contributed by atoms with Crippen molar-refractivity contribution in [3.8, 4) is 0 Å². The highest BCUT2D eigenvalue weighted by molar-refractivity contribution is 9.10. The topological polar surface area (TPSA) is 78.6 Å². The van der Waals surface area contributed by atoms with Crippen molar-refractivity contribution in [3.05, 3.63) is 22.2 Å². The summed E-state index contributed by atoms with van der Waals surface area (Å²) >= 11 is 3.49. The summed E-state index contributed by atoms with van der Waals surface area (Å²) < 4.78 is 0.994. The van der Waals surface area contributed by atoms with Crippen LogP contribution in [0.2, 0.25) is 0 Å². The van der Waals surface area contributed by atoms with Crippen molar-refractivity contribution in [2.75, 3.05) is 17.6 Å². The summed E-state index contributed by atoms with van der Waals surface area (Å²) in [5, 5.41) is 13.0. The molecule has 0 aliphatic carbocycles. The SMILES string of the molecule is Cc1cc(NC2CCN(C(=O)O)C(C(C)(C)C)C2)c(N)cc1Br. The van der Waals surface area contributed by atoms with Gasteiger partial charge in [-0.2, -0.15) is 0 Å². The molecule has 128 valence electrons. The van der Waals surface area contributed by atoms with Gasteiger partial charge in [-0.05, 0) is 42.9 Å². The van der Waals surface area contributed by atoms with Crippen molar-refractivity contribution in [1.29, 1.82) is 0 Å². The van der Waals surface area contributed by atoms with Crippen LogP contribution in [0.5, 0.6) is 0 Å². The van der Waals surface area contributed by atoms with Gasteiger partial charge in [-0.25, -0.2) is 4.79 Å². The fourth-order valence-corrected chi connectivity index (χ4v) is 3.55. The predicted octanol–water partition coefficient (Wildman–Crippen LogP) is 4.31. The molecule has 4 N–H and O–H groups in total. The summed E-state index contributed by atoms with van der Waals surface area (Å²) in [7, 11) is 0. The van der Waals surface area contributed by atoms with Gasteiger partial charge in [-0.3, -0.25) is 0 Å². The number of benzene rings is 1. The fraction of sp³-hybridized carbons (Fsp3) is 0.588.